The minimum absolute atomic E-state index is 0.00476. The summed E-state index contributed by atoms with van der Waals surface area (Å²) < 4.78 is 25.7. The van der Waals surface area contributed by atoms with E-state index in [1.54, 1.807) is 44.6 Å². The van der Waals surface area contributed by atoms with Gasteiger partial charge in [-0.1, -0.05) is 18.7 Å². The van der Waals surface area contributed by atoms with E-state index < -0.39 is 17.1 Å². The standard InChI is InChI=1S/C53H62FN9O5/c1-35-42-7-6-8-46(44(42)34-63(35)36(2)50(64)55-3)59(4)25-26-60-27-29-61(30-28-60)33-37-18-23-62(24-19-37)47-32-45-43(31-49(47)67-5)48(17-22-56-45)68-41-15-13-40(14-16-41)58-52(66)53(20-21-53)51(65)57-39-11-9-38(54)10-12-39/h6-17,22,31-32,36-37H,1,18-21,23-30,33-34H2,2-5H3,(H,55,64)(H,57,65)(H,58,66)/t36-/m0/s1. The maximum absolute atomic E-state index is 13.3. The number of rotatable bonds is 16. The lowest BCUT2D eigenvalue weighted by atomic mass is 9.95. The molecule has 2 saturated heterocycles. The molecule has 4 heterocycles. The highest BCUT2D eigenvalue weighted by molar-refractivity contribution is 6.17. The minimum Gasteiger partial charge on any atom is -0.495 e. The number of nitrogens with zero attached hydrogens (tertiary/aromatic N) is 6. The van der Waals surface area contributed by atoms with Crippen LogP contribution in [-0.2, 0) is 20.9 Å². The van der Waals surface area contributed by atoms with E-state index >= 15 is 0 Å². The van der Waals surface area contributed by atoms with Gasteiger partial charge < -0.3 is 45.0 Å². The van der Waals surface area contributed by atoms with Crippen LogP contribution in [0.3, 0.4) is 0 Å². The van der Waals surface area contributed by atoms with Gasteiger partial charge in [-0.2, -0.15) is 0 Å². The van der Waals surface area contributed by atoms with Crippen LogP contribution >= 0.6 is 0 Å². The fourth-order valence-electron chi connectivity index (χ4n) is 9.93. The topological polar surface area (TPSA) is 135 Å². The van der Waals surface area contributed by atoms with Crippen LogP contribution in [-0.4, -0.2) is 124 Å². The molecule has 1 atom stereocenters. The summed E-state index contributed by atoms with van der Waals surface area (Å²) >= 11 is 0. The number of piperidine rings is 1. The van der Waals surface area contributed by atoms with E-state index in [-0.39, 0.29) is 17.9 Å². The zero-order valence-electron chi connectivity index (χ0n) is 39.5. The molecular weight excluding hydrogens is 862 g/mol. The zero-order valence-corrected chi connectivity index (χ0v) is 39.5. The Hall–Kier alpha value is -6.71. The van der Waals surface area contributed by atoms with E-state index in [1.165, 1.54) is 35.5 Å². The Morgan fingerprint density at radius 2 is 1.54 bits per heavy atom. The summed E-state index contributed by atoms with van der Waals surface area (Å²) in [5.41, 5.74) is 6.15. The van der Waals surface area contributed by atoms with Crippen molar-refractivity contribution in [3.05, 3.63) is 115 Å². The van der Waals surface area contributed by atoms with E-state index in [1.807, 2.05) is 19.1 Å². The molecule has 3 aliphatic heterocycles. The second kappa shape index (κ2) is 19.9. The summed E-state index contributed by atoms with van der Waals surface area (Å²) in [4.78, 5) is 55.5. The van der Waals surface area contributed by atoms with Gasteiger partial charge in [0.2, 0.25) is 17.7 Å². The molecule has 0 radical (unpaired) electrons. The Labute approximate surface area is 398 Å². The van der Waals surface area contributed by atoms with Crippen LogP contribution in [0.25, 0.3) is 16.6 Å². The molecule has 4 aromatic carbocycles. The summed E-state index contributed by atoms with van der Waals surface area (Å²) in [7, 11) is 5.55. The van der Waals surface area contributed by atoms with Crippen molar-refractivity contribution in [3.8, 4) is 17.2 Å². The molecule has 14 nitrogen and oxygen atoms in total. The van der Waals surface area contributed by atoms with Crippen molar-refractivity contribution in [1.29, 1.82) is 0 Å². The van der Waals surface area contributed by atoms with Crippen molar-refractivity contribution in [2.45, 2.75) is 45.2 Å². The van der Waals surface area contributed by atoms with Crippen molar-refractivity contribution < 1.29 is 28.2 Å². The van der Waals surface area contributed by atoms with Crippen molar-refractivity contribution in [1.82, 2.24) is 25.0 Å². The van der Waals surface area contributed by atoms with Gasteiger partial charge in [-0.05, 0) is 111 Å². The van der Waals surface area contributed by atoms with E-state index in [2.05, 4.69) is 78.3 Å². The molecular formula is C53H62FN9O5. The van der Waals surface area contributed by atoms with Crippen molar-refractivity contribution in [3.63, 3.8) is 0 Å². The van der Waals surface area contributed by atoms with Gasteiger partial charge in [0.05, 0.1) is 18.3 Å². The molecule has 0 unspecified atom stereocenters. The van der Waals surface area contributed by atoms with Crippen LogP contribution in [0.5, 0.6) is 17.2 Å². The number of amides is 3. The molecule has 4 aliphatic rings. The van der Waals surface area contributed by atoms with E-state index in [4.69, 9.17) is 14.5 Å². The first-order valence-electron chi connectivity index (χ1n) is 23.8. The first-order valence-corrected chi connectivity index (χ1v) is 23.8. The summed E-state index contributed by atoms with van der Waals surface area (Å²) in [6.07, 6.45) is 4.83. The van der Waals surface area contributed by atoms with Crippen LogP contribution in [0, 0.1) is 17.2 Å². The predicted molar refractivity (Wildman–Crippen MR) is 266 cm³/mol. The smallest absolute Gasteiger partial charge is 0.242 e. The molecule has 1 aliphatic carbocycles. The molecule has 0 bridgehead atoms. The highest BCUT2D eigenvalue weighted by Crippen LogP contribution is 2.48. The van der Waals surface area contributed by atoms with Gasteiger partial charge >= 0.3 is 0 Å². The van der Waals surface area contributed by atoms with Gasteiger partial charge in [-0.15, -0.1) is 0 Å². The van der Waals surface area contributed by atoms with Gasteiger partial charge in [-0.25, -0.2) is 4.39 Å². The van der Waals surface area contributed by atoms with Gasteiger partial charge in [0.25, 0.3) is 0 Å². The maximum atomic E-state index is 13.3. The lowest BCUT2D eigenvalue weighted by Gasteiger charge is -2.40. The SMILES string of the molecule is C=C1c2cccc(N(C)CCN3CCN(CC4CCN(c5cc6nccc(Oc7ccc(NC(=O)C8(C(=O)Nc9ccc(F)cc9)CC8)cc7)c6cc5OC)CC4)CC3)c2CN1[C@@H](C)C(=O)NC. The van der Waals surface area contributed by atoms with Gasteiger partial charge in [0.15, 0.2) is 0 Å². The fraction of sp³-hybridized carbons (Fsp3) is 0.396. The molecule has 3 N–H and O–H groups in total. The second-order valence-electron chi connectivity index (χ2n) is 18.6. The lowest BCUT2D eigenvalue weighted by molar-refractivity contribution is -0.131. The molecule has 3 amide bonds. The van der Waals surface area contributed by atoms with Crippen LogP contribution in [0.15, 0.2) is 97.7 Å². The average Bonchev–Trinajstić information content (AvgIpc) is 4.12. The molecule has 9 rings (SSSR count). The molecule has 15 heteroatoms. The molecule has 1 saturated carbocycles. The molecule has 356 valence electrons. The van der Waals surface area contributed by atoms with E-state index in [0.29, 0.717) is 48.2 Å². The quantitative estimate of drug-likeness (QED) is 0.0854. The van der Waals surface area contributed by atoms with Gasteiger partial charge in [-0.3, -0.25) is 24.3 Å². The zero-order chi connectivity index (χ0) is 47.5. The highest BCUT2D eigenvalue weighted by Gasteiger charge is 2.56. The minimum atomic E-state index is -1.16. The fourth-order valence-corrected chi connectivity index (χ4v) is 9.93. The highest BCUT2D eigenvalue weighted by atomic mass is 19.1. The number of fused-ring (bicyclic) bond motifs is 2. The number of hydrogen-bond donors (Lipinski definition) is 3. The number of benzene rings is 4. The number of anilines is 4. The molecule has 1 aromatic heterocycles. The second-order valence-corrected chi connectivity index (χ2v) is 18.6. The number of piperazine rings is 1. The normalized spacial score (nSPS) is 17.6. The number of aromatic nitrogens is 1. The molecule has 3 fully saturated rings. The summed E-state index contributed by atoms with van der Waals surface area (Å²) in [6.45, 7) is 16.2. The van der Waals surface area contributed by atoms with Crippen LogP contribution < -0.4 is 35.2 Å². The number of halogens is 1. The largest absolute Gasteiger partial charge is 0.495 e. The van der Waals surface area contributed by atoms with Crippen LogP contribution in [0.2, 0.25) is 0 Å². The number of pyridine rings is 1. The maximum Gasteiger partial charge on any atom is 0.242 e. The third-order valence-corrected chi connectivity index (χ3v) is 14.4. The van der Waals surface area contributed by atoms with Crippen molar-refractivity contribution in [2.24, 2.45) is 11.3 Å². The number of carbonyl (C=O) groups excluding carboxylic acids is 3. The van der Waals surface area contributed by atoms with E-state index in [9.17, 15) is 18.8 Å². The first kappa shape index (κ1) is 46.4. The van der Waals surface area contributed by atoms with E-state index in [0.717, 1.165) is 105 Å². The third kappa shape index (κ3) is 9.81. The number of likely N-dealkylation sites (N-methyl/N-ethyl adjacent to an activating group) is 2. The van der Waals surface area contributed by atoms with Gasteiger partial charge in [0, 0.05) is 125 Å². The summed E-state index contributed by atoms with van der Waals surface area (Å²) in [5, 5.41) is 9.22. The third-order valence-electron chi connectivity index (χ3n) is 14.4. The Morgan fingerprint density at radius 1 is 0.882 bits per heavy atom. The number of carbonyl (C=O) groups is 3. The molecule has 5 aromatic rings. The van der Waals surface area contributed by atoms with Crippen molar-refractivity contribution in [2.75, 3.05) is 101 Å². The van der Waals surface area contributed by atoms with Crippen molar-refractivity contribution >= 4 is 57.1 Å². The number of nitrogens with one attached hydrogen (secondary N) is 3. The van der Waals surface area contributed by atoms with Crippen LogP contribution in [0.1, 0.15) is 43.7 Å². The van der Waals surface area contributed by atoms with Crippen LogP contribution in [0.4, 0.5) is 27.1 Å². The average molecular weight is 924 g/mol. The lowest BCUT2D eigenvalue weighted by Crippen LogP contribution is -2.50. The molecule has 0 spiro atoms. The number of methoxy groups -OCH3 is 1. The molecule has 68 heavy (non-hydrogen) atoms. The predicted octanol–water partition coefficient (Wildman–Crippen LogP) is 7.42. The Kier molecular flexibility index (Phi) is 13.6. The number of hydrogen-bond acceptors (Lipinski definition) is 11. The first-order chi connectivity index (χ1) is 32.9. The Bertz CT molecular complexity index is 2660. The Balaban J connectivity index is 0.738. The monoisotopic (exact) mass is 923 g/mol. The summed E-state index contributed by atoms with van der Waals surface area (Å²) in [6, 6.07) is 24.6. The van der Waals surface area contributed by atoms with Gasteiger partial charge in [0.1, 0.15) is 34.5 Å². The Morgan fingerprint density at radius 3 is 2.19 bits per heavy atom. The summed E-state index contributed by atoms with van der Waals surface area (Å²) in [5.74, 6) is 1.41. The number of ether oxygens (including phenoxy) is 2.